The van der Waals surface area contributed by atoms with Crippen molar-refractivity contribution in [1.29, 1.82) is 0 Å². The average Bonchev–Trinajstić information content (AvgIpc) is 2.27. The van der Waals surface area contributed by atoms with Crippen LogP contribution in [0.1, 0.15) is 43.6 Å². The number of hydrogen-bond acceptors (Lipinski definition) is 3. The van der Waals surface area contributed by atoms with E-state index in [0.29, 0.717) is 0 Å². The summed E-state index contributed by atoms with van der Waals surface area (Å²) >= 11 is 0. The van der Waals surface area contributed by atoms with E-state index in [2.05, 4.69) is 15.3 Å². The van der Waals surface area contributed by atoms with Crippen molar-refractivity contribution in [1.82, 2.24) is 9.97 Å². The molecular weight excluding hydrogens is 198 g/mol. The van der Waals surface area contributed by atoms with Gasteiger partial charge >= 0.3 is 0 Å². The minimum absolute atomic E-state index is 0.837. The average molecular weight is 219 g/mol. The van der Waals surface area contributed by atoms with Gasteiger partial charge in [0.1, 0.15) is 11.6 Å². The molecule has 0 unspecified atom stereocenters. The molecule has 3 heteroatoms. The molecule has 1 fully saturated rings. The summed E-state index contributed by atoms with van der Waals surface area (Å²) in [4.78, 5) is 8.67. The predicted molar refractivity (Wildman–Crippen MR) is 66.6 cm³/mol. The number of hydrogen-bond donors (Lipinski definition) is 1. The molecule has 0 atom stereocenters. The summed E-state index contributed by atoms with van der Waals surface area (Å²) in [6.07, 6.45) is 6.96. The van der Waals surface area contributed by atoms with Crippen molar-refractivity contribution < 1.29 is 0 Å². The molecule has 0 radical (unpaired) electrons. The summed E-state index contributed by atoms with van der Waals surface area (Å²) in [6.45, 7) is 5.02. The van der Waals surface area contributed by atoms with Crippen molar-refractivity contribution in [2.45, 2.75) is 46.0 Å². The van der Waals surface area contributed by atoms with Crippen LogP contribution in [0.4, 0.5) is 5.82 Å². The Morgan fingerprint density at radius 2 is 1.94 bits per heavy atom. The lowest BCUT2D eigenvalue weighted by molar-refractivity contribution is 0.373. The van der Waals surface area contributed by atoms with E-state index in [1.165, 1.54) is 32.1 Å². The molecule has 0 bridgehead atoms. The van der Waals surface area contributed by atoms with Crippen molar-refractivity contribution in [3.63, 3.8) is 0 Å². The molecule has 1 aromatic rings. The van der Waals surface area contributed by atoms with Crippen LogP contribution in [0.3, 0.4) is 0 Å². The number of rotatable bonds is 3. The molecule has 88 valence electrons. The molecule has 0 aliphatic heterocycles. The molecule has 1 aromatic heterocycles. The first-order chi connectivity index (χ1) is 7.74. The third kappa shape index (κ3) is 3.19. The van der Waals surface area contributed by atoms with Crippen LogP contribution < -0.4 is 5.32 Å². The minimum atomic E-state index is 0.837. The third-order valence-corrected chi connectivity index (χ3v) is 3.26. The minimum Gasteiger partial charge on any atom is -0.370 e. The Hall–Kier alpha value is -1.12. The normalized spacial score (nSPS) is 17.4. The maximum atomic E-state index is 4.40. The molecule has 0 spiro atoms. The monoisotopic (exact) mass is 219 g/mol. The lowest BCUT2D eigenvalue weighted by Crippen LogP contribution is -2.18. The van der Waals surface area contributed by atoms with E-state index in [1.807, 2.05) is 19.9 Å². The molecule has 0 saturated heterocycles. The second-order valence-electron chi connectivity index (χ2n) is 4.83. The van der Waals surface area contributed by atoms with Gasteiger partial charge in [-0.25, -0.2) is 9.97 Å². The number of nitrogens with one attached hydrogen (secondary N) is 1. The summed E-state index contributed by atoms with van der Waals surface area (Å²) in [5, 5.41) is 3.44. The second-order valence-corrected chi connectivity index (χ2v) is 4.83. The Balaban J connectivity index is 1.88. The van der Waals surface area contributed by atoms with E-state index in [9.17, 15) is 0 Å². The quantitative estimate of drug-likeness (QED) is 0.849. The van der Waals surface area contributed by atoms with Crippen LogP contribution in [0.5, 0.6) is 0 Å². The third-order valence-electron chi connectivity index (χ3n) is 3.26. The van der Waals surface area contributed by atoms with Gasteiger partial charge in [-0.3, -0.25) is 0 Å². The van der Waals surface area contributed by atoms with Crippen molar-refractivity contribution in [3.05, 3.63) is 17.6 Å². The molecule has 2 rings (SSSR count). The highest BCUT2D eigenvalue weighted by Gasteiger charge is 2.13. The van der Waals surface area contributed by atoms with E-state index in [4.69, 9.17) is 0 Å². The van der Waals surface area contributed by atoms with Crippen LogP contribution in [-0.2, 0) is 0 Å². The zero-order valence-electron chi connectivity index (χ0n) is 10.3. The zero-order valence-corrected chi connectivity index (χ0v) is 10.3. The molecule has 16 heavy (non-hydrogen) atoms. The number of aromatic nitrogens is 2. The lowest BCUT2D eigenvalue weighted by Gasteiger charge is -2.22. The van der Waals surface area contributed by atoms with Gasteiger partial charge in [-0.2, -0.15) is 0 Å². The molecular formula is C13H21N3. The topological polar surface area (TPSA) is 37.8 Å². The largest absolute Gasteiger partial charge is 0.370 e. The first-order valence-electron chi connectivity index (χ1n) is 6.30. The summed E-state index contributed by atoms with van der Waals surface area (Å²) in [5.41, 5.74) is 1.04. The summed E-state index contributed by atoms with van der Waals surface area (Å²) in [7, 11) is 0. The standard InChI is InChI=1S/C13H21N3/c1-10-8-13(16-11(2)15-10)14-9-12-6-4-3-5-7-12/h8,12H,3-7,9H2,1-2H3,(H,14,15,16). The van der Waals surface area contributed by atoms with Crippen molar-refractivity contribution >= 4 is 5.82 Å². The molecule has 0 aromatic carbocycles. The number of aryl methyl sites for hydroxylation is 2. The first kappa shape index (κ1) is 11.4. The maximum Gasteiger partial charge on any atom is 0.129 e. The van der Waals surface area contributed by atoms with Gasteiger partial charge in [-0.05, 0) is 32.6 Å². The van der Waals surface area contributed by atoms with E-state index < -0.39 is 0 Å². The number of anilines is 1. The van der Waals surface area contributed by atoms with Gasteiger partial charge < -0.3 is 5.32 Å². The fourth-order valence-electron chi connectivity index (χ4n) is 2.45. The summed E-state index contributed by atoms with van der Waals surface area (Å²) < 4.78 is 0. The Kier molecular flexibility index (Phi) is 3.75. The molecule has 1 saturated carbocycles. The smallest absolute Gasteiger partial charge is 0.129 e. The van der Waals surface area contributed by atoms with Gasteiger partial charge in [-0.15, -0.1) is 0 Å². The SMILES string of the molecule is Cc1cc(NCC2CCCCC2)nc(C)n1. The molecule has 1 aliphatic carbocycles. The van der Waals surface area contributed by atoms with Gasteiger partial charge in [-0.1, -0.05) is 19.3 Å². The molecule has 3 nitrogen and oxygen atoms in total. The predicted octanol–water partition coefficient (Wildman–Crippen LogP) is 3.09. The lowest BCUT2D eigenvalue weighted by atomic mass is 9.89. The van der Waals surface area contributed by atoms with Gasteiger partial charge in [0.2, 0.25) is 0 Å². The van der Waals surface area contributed by atoms with Crippen LogP contribution in [0.25, 0.3) is 0 Å². The van der Waals surface area contributed by atoms with E-state index >= 15 is 0 Å². The highest BCUT2D eigenvalue weighted by Crippen LogP contribution is 2.23. The second kappa shape index (κ2) is 5.28. The van der Waals surface area contributed by atoms with Crippen LogP contribution in [0.15, 0.2) is 6.07 Å². The fraction of sp³-hybridized carbons (Fsp3) is 0.692. The fourth-order valence-corrected chi connectivity index (χ4v) is 2.45. The zero-order chi connectivity index (χ0) is 11.4. The van der Waals surface area contributed by atoms with E-state index in [0.717, 1.165) is 29.8 Å². The molecule has 1 heterocycles. The summed E-state index contributed by atoms with van der Waals surface area (Å²) in [6, 6.07) is 2.02. The molecule has 1 N–H and O–H groups in total. The maximum absolute atomic E-state index is 4.40. The van der Waals surface area contributed by atoms with E-state index in [-0.39, 0.29) is 0 Å². The van der Waals surface area contributed by atoms with Gasteiger partial charge in [0.05, 0.1) is 0 Å². The van der Waals surface area contributed by atoms with Crippen LogP contribution in [0.2, 0.25) is 0 Å². The Morgan fingerprint density at radius 1 is 1.19 bits per heavy atom. The highest BCUT2D eigenvalue weighted by molar-refractivity contribution is 5.35. The van der Waals surface area contributed by atoms with Gasteiger partial charge in [0.25, 0.3) is 0 Å². The first-order valence-corrected chi connectivity index (χ1v) is 6.30. The van der Waals surface area contributed by atoms with Crippen LogP contribution in [0, 0.1) is 19.8 Å². The van der Waals surface area contributed by atoms with Crippen LogP contribution >= 0.6 is 0 Å². The van der Waals surface area contributed by atoms with Gasteiger partial charge in [0, 0.05) is 18.3 Å². The van der Waals surface area contributed by atoms with Crippen LogP contribution in [-0.4, -0.2) is 16.5 Å². The van der Waals surface area contributed by atoms with Crippen molar-refractivity contribution in [3.8, 4) is 0 Å². The molecule has 1 aliphatic rings. The number of nitrogens with zero attached hydrogens (tertiary/aromatic N) is 2. The van der Waals surface area contributed by atoms with E-state index in [1.54, 1.807) is 0 Å². The Bertz CT molecular complexity index is 323. The Morgan fingerprint density at radius 3 is 2.62 bits per heavy atom. The highest BCUT2D eigenvalue weighted by atomic mass is 15.0. The van der Waals surface area contributed by atoms with Gasteiger partial charge in [0.15, 0.2) is 0 Å². The Labute approximate surface area is 97.7 Å². The molecule has 0 amide bonds. The van der Waals surface area contributed by atoms with Crippen molar-refractivity contribution in [2.24, 2.45) is 5.92 Å². The summed E-state index contributed by atoms with van der Waals surface area (Å²) in [5.74, 6) is 2.67. The van der Waals surface area contributed by atoms with Crippen molar-refractivity contribution in [2.75, 3.05) is 11.9 Å².